The number of rotatable bonds is 4. The lowest BCUT2D eigenvalue weighted by molar-refractivity contribution is 0.592. The van der Waals surface area contributed by atoms with Crippen LogP contribution in [0.2, 0.25) is 0 Å². The Hall–Kier alpha value is -1.86. The van der Waals surface area contributed by atoms with Crippen LogP contribution in [0.1, 0.15) is 17.8 Å². The molecular formula is C13H13N5S2. The maximum Gasteiger partial charge on any atom is 0.195 e. The van der Waals surface area contributed by atoms with E-state index in [2.05, 4.69) is 27.1 Å². The van der Waals surface area contributed by atoms with Gasteiger partial charge in [-0.1, -0.05) is 6.92 Å². The predicted octanol–water partition coefficient (Wildman–Crippen LogP) is 3.26. The Morgan fingerprint density at radius 2 is 2.35 bits per heavy atom. The predicted molar refractivity (Wildman–Crippen MR) is 81.2 cm³/mol. The van der Waals surface area contributed by atoms with Gasteiger partial charge in [0.2, 0.25) is 0 Å². The highest BCUT2D eigenvalue weighted by molar-refractivity contribution is 7.71. The third kappa shape index (κ3) is 2.54. The molecular weight excluding hydrogens is 290 g/mol. The van der Waals surface area contributed by atoms with Crippen molar-refractivity contribution in [3.05, 3.63) is 45.9 Å². The van der Waals surface area contributed by atoms with Crippen LogP contribution in [0.25, 0.3) is 11.4 Å². The second kappa shape index (κ2) is 5.64. The fraction of sp³-hybridized carbons (Fsp3) is 0.231. The number of aromatic nitrogens is 5. The lowest BCUT2D eigenvalue weighted by Gasteiger charge is -2.11. The summed E-state index contributed by atoms with van der Waals surface area (Å²) in [5.74, 6) is 1.10. The van der Waals surface area contributed by atoms with Crippen molar-refractivity contribution in [2.75, 3.05) is 0 Å². The molecule has 3 rings (SSSR count). The van der Waals surface area contributed by atoms with Crippen LogP contribution in [-0.2, 0) is 6.54 Å². The molecule has 20 heavy (non-hydrogen) atoms. The Labute approximate surface area is 125 Å². The minimum atomic E-state index is 0.287. The van der Waals surface area contributed by atoms with E-state index in [1.165, 1.54) is 0 Å². The van der Waals surface area contributed by atoms with Crippen molar-refractivity contribution in [2.45, 2.75) is 19.4 Å². The Kier molecular flexibility index (Phi) is 3.70. The highest BCUT2D eigenvalue weighted by atomic mass is 32.1. The lowest BCUT2D eigenvalue weighted by Crippen LogP contribution is -2.08. The van der Waals surface area contributed by atoms with Gasteiger partial charge in [0.15, 0.2) is 10.6 Å². The van der Waals surface area contributed by atoms with Crippen molar-refractivity contribution in [1.29, 1.82) is 0 Å². The van der Waals surface area contributed by atoms with E-state index in [0.717, 1.165) is 22.9 Å². The molecule has 3 aromatic heterocycles. The zero-order chi connectivity index (χ0) is 13.9. The molecule has 0 amide bonds. The minimum Gasteiger partial charge on any atom is -0.299 e. The monoisotopic (exact) mass is 303 g/mol. The summed E-state index contributed by atoms with van der Waals surface area (Å²) in [6.07, 6.45) is 5.36. The quantitative estimate of drug-likeness (QED) is 0.752. The van der Waals surface area contributed by atoms with Crippen LogP contribution in [-0.4, -0.2) is 24.7 Å². The summed E-state index contributed by atoms with van der Waals surface area (Å²) < 4.78 is 2.62. The Bertz CT molecular complexity index is 730. The molecule has 1 atom stereocenters. The number of H-pyrrole nitrogens is 1. The van der Waals surface area contributed by atoms with Crippen LogP contribution >= 0.6 is 23.6 Å². The summed E-state index contributed by atoms with van der Waals surface area (Å²) in [5.41, 5.74) is 0.950. The first-order valence-electron chi connectivity index (χ1n) is 6.20. The molecule has 0 aliphatic carbocycles. The van der Waals surface area contributed by atoms with E-state index >= 15 is 0 Å². The van der Waals surface area contributed by atoms with Gasteiger partial charge in [0, 0.05) is 42.0 Å². The molecule has 5 nitrogen and oxygen atoms in total. The molecule has 3 heterocycles. The summed E-state index contributed by atoms with van der Waals surface area (Å²) in [7, 11) is 0. The molecule has 0 saturated carbocycles. The zero-order valence-electron chi connectivity index (χ0n) is 10.9. The number of hydrogen-bond donors (Lipinski definition) is 1. The SMILES string of the molecule is CC(Cn1c(-c2cccnc2)n[nH]c1=S)c1nccs1. The molecule has 1 N–H and O–H groups in total. The molecule has 0 fully saturated rings. The van der Waals surface area contributed by atoms with Crippen LogP contribution in [0.4, 0.5) is 0 Å². The summed E-state index contributed by atoms with van der Waals surface area (Å²) in [6, 6.07) is 3.87. The van der Waals surface area contributed by atoms with Gasteiger partial charge in [0.25, 0.3) is 0 Å². The van der Waals surface area contributed by atoms with E-state index in [-0.39, 0.29) is 5.92 Å². The van der Waals surface area contributed by atoms with E-state index in [1.807, 2.05) is 28.3 Å². The first kappa shape index (κ1) is 13.1. The van der Waals surface area contributed by atoms with Gasteiger partial charge in [-0.3, -0.25) is 14.6 Å². The summed E-state index contributed by atoms with van der Waals surface area (Å²) in [6.45, 7) is 2.88. The van der Waals surface area contributed by atoms with Crippen molar-refractivity contribution in [3.63, 3.8) is 0 Å². The molecule has 0 spiro atoms. The van der Waals surface area contributed by atoms with Gasteiger partial charge < -0.3 is 0 Å². The minimum absolute atomic E-state index is 0.287. The van der Waals surface area contributed by atoms with Gasteiger partial charge >= 0.3 is 0 Å². The van der Waals surface area contributed by atoms with Gasteiger partial charge in [0.1, 0.15) is 0 Å². The Balaban J connectivity index is 1.94. The van der Waals surface area contributed by atoms with E-state index in [9.17, 15) is 0 Å². The van der Waals surface area contributed by atoms with Gasteiger partial charge in [-0.25, -0.2) is 4.98 Å². The molecule has 0 aromatic carbocycles. The van der Waals surface area contributed by atoms with Crippen molar-refractivity contribution in [3.8, 4) is 11.4 Å². The van der Waals surface area contributed by atoms with Crippen LogP contribution in [0, 0.1) is 4.77 Å². The molecule has 7 heteroatoms. The van der Waals surface area contributed by atoms with Gasteiger partial charge in [-0.2, -0.15) is 5.10 Å². The first-order valence-corrected chi connectivity index (χ1v) is 7.49. The second-order valence-corrected chi connectivity index (χ2v) is 5.79. The van der Waals surface area contributed by atoms with Crippen molar-refractivity contribution in [2.24, 2.45) is 0 Å². The number of nitrogens with one attached hydrogen (secondary N) is 1. The largest absolute Gasteiger partial charge is 0.299 e. The number of thiazole rings is 1. The zero-order valence-corrected chi connectivity index (χ0v) is 12.5. The maximum atomic E-state index is 5.33. The number of aromatic amines is 1. The molecule has 102 valence electrons. The van der Waals surface area contributed by atoms with Gasteiger partial charge in [-0.15, -0.1) is 11.3 Å². The third-order valence-corrected chi connectivity index (χ3v) is 4.33. The Morgan fingerprint density at radius 3 is 3.05 bits per heavy atom. The fourth-order valence-corrected chi connectivity index (χ4v) is 2.93. The van der Waals surface area contributed by atoms with Gasteiger partial charge in [0.05, 0.1) is 5.01 Å². The highest BCUT2D eigenvalue weighted by Crippen LogP contribution is 2.23. The molecule has 0 bridgehead atoms. The second-order valence-electron chi connectivity index (χ2n) is 4.48. The van der Waals surface area contributed by atoms with Crippen LogP contribution in [0.15, 0.2) is 36.1 Å². The summed E-state index contributed by atoms with van der Waals surface area (Å²) in [4.78, 5) is 8.49. The van der Waals surface area contributed by atoms with E-state index in [1.54, 1.807) is 23.7 Å². The molecule has 1 unspecified atom stereocenters. The normalized spacial score (nSPS) is 12.4. The first-order chi connectivity index (χ1) is 9.75. The Morgan fingerprint density at radius 1 is 1.45 bits per heavy atom. The van der Waals surface area contributed by atoms with Crippen molar-refractivity contribution in [1.82, 2.24) is 24.7 Å². The molecule has 3 aromatic rings. The highest BCUT2D eigenvalue weighted by Gasteiger charge is 2.14. The number of nitrogens with zero attached hydrogens (tertiary/aromatic N) is 4. The lowest BCUT2D eigenvalue weighted by atomic mass is 10.2. The van der Waals surface area contributed by atoms with Crippen LogP contribution in [0.5, 0.6) is 0 Å². The third-order valence-electron chi connectivity index (χ3n) is 3.01. The smallest absolute Gasteiger partial charge is 0.195 e. The molecule has 0 aliphatic heterocycles. The van der Waals surface area contributed by atoms with Crippen molar-refractivity contribution < 1.29 is 0 Å². The summed E-state index contributed by atoms with van der Waals surface area (Å²) in [5, 5.41) is 10.3. The average molecular weight is 303 g/mol. The summed E-state index contributed by atoms with van der Waals surface area (Å²) >= 11 is 6.99. The van der Waals surface area contributed by atoms with E-state index in [4.69, 9.17) is 12.2 Å². The number of hydrogen-bond acceptors (Lipinski definition) is 5. The van der Waals surface area contributed by atoms with Crippen molar-refractivity contribution >= 4 is 23.6 Å². The van der Waals surface area contributed by atoms with Crippen LogP contribution < -0.4 is 0 Å². The topological polar surface area (TPSA) is 59.4 Å². The molecule has 0 saturated heterocycles. The molecule has 0 radical (unpaired) electrons. The fourth-order valence-electron chi connectivity index (χ4n) is 2.03. The van der Waals surface area contributed by atoms with E-state index in [0.29, 0.717) is 4.77 Å². The standard InChI is InChI=1S/C13H13N5S2/c1-9(12-15-5-6-20-12)8-18-11(16-17-13(18)19)10-3-2-4-14-7-10/h2-7,9H,8H2,1H3,(H,17,19). The maximum absolute atomic E-state index is 5.33. The van der Waals surface area contributed by atoms with Crippen LogP contribution in [0.3, 0.4) is 0 Å². The average Bonchev–Trinajstić information content (AvgIpc) is 3.11. The van der Waals surface area contributed by atoms with E-state index < -0.39 is 0 Å². The molecule has 0 aliphatic rings. The van der Waals surface area contributed by atoms with Gasteiger partial charge in [-0.05, 0) is 24.4 Å². The number of pyridine rings is 1.